The molecule has 0 saturated heterocycles. The molecule has 4 aromatic rings. The zero-order valence-corrected chi connectivity index (χ0v) is 14.6. The van der Waals surface area contributed by atoms with Gasteiger partial charge in [0.2, 0.25) is 0 Å². The van der Waals surface area contributed by atoms with Crippen LogP contribution in [0.15, 0.2) is 61.3 Å². The lowest BCUT2D eigenvalue weighted by Gasteiger charge is -2.16. The zero-order chi connectivity index (χ0) is 17.9. The van der Waals surface area contributed by atoms with E-state index in [-0.39, 0.29) is 0 Å². The smallest absolute Gasteiger partial charge is 0.139 e. The molecule has 0 amide bonds. The Hall–Kier alpha value is -3.54. The van der Waals surface area contributed by atoms with Gasteiger partial charge in [0, 0.05) is 42.0 Å². The van der Waals surface area contributed by atoms with Crippen LogP contribution in [0.2, 0.25) is 0 Å². The third-order valence-electron chi connectivity index (χ3n) is 4.30. The van der Waals surface area contributed by atoms with Crippen molar-refractivity contribution in [2.45, 2.75) is 6.92 Å². The Morgan fingerprint density at radius 3 is 2.50 bits per heavy atom. The van der Waals surface area contributed by atoms with Crippen LogP contribution in [0.3, 0.4) is 0 Å². The molecular weight excluding hydrogens is 324 g/mol. The number of rotatable bonds is 4. The van der Waals surface area contributed by atoms with Crippen molar-refractivity contribution in [2.75, 3.05) is 17.7 Å². The topological polar surface area (TPSA) is 75.6 Å². The van der Waals surface area contributed by atoms with Crippen LogP contribution in [-0.4, -0.2) is 27.0 Å². The fourth-order valence-corrected chi connectivity index (χ4v) is 3.01. The van der Waals surface area contributed by atoms with E-state index in [2.05, 4.69) is 49.6 Å². The third-order valence-corrected chi connectivity index (χ3v) is 4.30. The van der Waals surface area contributed by atoms with Crippen molar-refractivity contribution < 1.29 is 0 Å². The Bertz CT molecular complexity index is 1060. The Balaban J connectivity index is 1.86. The quantitative estimate of drug-likeness (QED) is 0.579. The number of aryl methyl sites for hydroxylation is 1. The summed E-state index contributed by atoms with van der Waals surface area (Å²) in [5.41, 5.74) is 3.89. The van der Waals surface area contributed by atoms with Gasteiger partial charge in [0.25, 0.3) is 0 Å². The van der Waals surface area contributed by atoms with Crippen molar-refractivity contribution in [3.05, 3.63) is 66.9 Å². The van der Waals surface area contributed by atoms with Gasteiger partial charge in [-0.25, -0.2) is 19.9 Å². The first-order valence-corrected chi connectivity index (χ1v) is 8.32. The first-order chi connectivity index (χ1) is 12.8. The second-order valence-electron chi connectivity index (χ2n) is 5.88. The van der Waals surface area contributed by atoms with Gasteiger partial charge in [-0.3, -0.25) is 0 Å². The number of hydrogen-bond acceptors (Lipinski definition) is 6. The minimum atomic E-state index is 0.754. The van der Waals surface area contributed by atoms with Gasteiger partial charge in [-0.1, -0.05) is 12.1 Å². The summed E-state index contributed by atoms with van der Waals surface area (Å²) in [6.45, 7) is 2.08. The number of fused-ring (bicyclic) bond motifs is 1. The largest absolute Gasteiger partial charge is 0.373 e. The highest BCUT2D eigenvalue weighted by Gasteiger charge is 2.12. The lowest BCUT2D eigenvalue weighted by Crippen LogP contribution is -2.01. The lowest BCUT2D eigenvalue weighted by molar-refractivity contribution is 1.17. The molecule has 0 bridgehead atoms. The Morgan fingerprint density at radius 1 is 0.808 bits per heavy atom. The zero-order valence-electron chi connectivity index (χ0n) is 14.6. The van der Waals surface area contributed by atoms with Gasteiger partial charge in [0.15, 0.2) is 0 Å². The van der Waals surface area contributed by atoms with Gasteiger partial charge in [0.05, 0.1) is 11.4 Å². The van der Waals surface area contributed by atoms with E-state index in [0.717, 1.165) is 44.9 Å². The van der Waals surface area contributed by atoms with Crippen molar-refractivity contribution in [2.24, 2.45) is 0 Å². The Morgan fingerprint density at radius 2 is 1.69 bits per heavy atom. The maximum atomic E-state index is 4.54. The summed E-state index contributed by atoms with van der Waals surface area (Å²) in [5.74, 6) is 1.60. The summed E-state index contributed by atoms with van der Waals surface area (Å²) >= 11 is 0. The molecule has 3 aromatic heterocycles. The highest BCUT2D eigenvalue weighted by atomic mass is 15.0. The summed E-state index contributed by atoms with van der Waals surface area (Å²) in [4.78, 5) is 17.3. The fraction of sp³-hybridized carbons (Fsp3) is 0.100. The first-order valence-electron chi connectivity index (χ1n) is 8.32. The molecule has 0 fully saturated rings. The predicted molar refractivity (Wildman–Crippen MR) is 105 cm³/mol. The van der Waals surface area contributed by atoms with Crippen molar-refractivity contribution >= 4 is 28.1 Å². The monoisotopic (exact) mass is 342 g/mol. The van der Waals surface area contributed by atoms with Gasteiger partial charge in [-0.15, -0.1) is 0 Å². The summed E-state index contributed by atoms with van der Waals surface area (Å²) in [5, 5.41) is 8.80. The van der Waals surface area contributed by atoms with E-state index in [1.165, 1.54) is 0 Å². The van der Waals surface area contributed by atoms with Crippen LogP contribution in [0.4, 0.5) is 17.3 Å². The molecule has 2 N–H and O–H groups in total. The molecule has 0 saturated carbocycles. The molecule has 0 aliphatic carbocycles. The second kappa shape index (κ2) is 6.76. The van der Waals surface area contributed by atoms with E-state index < -0.39 is 0 Å². The minimum Gasteiger partial charge on any atom is -0.373 e. The van der Waals surface area contributed by atoms with E-state index in [1.54, 1.807) is 18.7 Å². The van der Waals surface area contributed by atoms with Gasteiger partial charge >= 0.3 is 0 Å². The van der Waals surface area contributed by atoms with Crippen LogP contribution < -0.4 is 10.6 Å². The molecule has 0 aliphatic rings. The van der Waals surface area contributed by atoms with Gasteiger partial charge in [-0.2, -0.15) is 0 Å². The second-order valence-corrected chi connectivity index (χ2v) is 5.88. The summed E-state index contributed by atoms with van der Waals surface area (Å²) in [7, 11) is 1.88. The summed E-state index contributed by atoms with van der Waals surface area (Å²) in [6, 6.07) is 12.0. The number of nitrogens with one attached hydrogen (secondary N) is 2. The molecule has 1 aromatic carbocycles. The Labute approximate surface area is 151 Å². The van der Waals surface area contributed by atoms with E-state index in [0.29, 0.717) is 0 Å². The molecule has 6 nitrogen and oxygen atoms in total. The third kappa shape index (κ3) is 2.82. The molecule has 0 atom stereocenters. The van der Waals surface area contributed by atoms with E-state index in [1.807, 2.05) is 37.5 Å². The standard InChI is InChI=1S/C20H18N6/c1-13-5-6-15-14(7-11-24-19(15)21-2)18(13)26-20-16(4-3-9-23-20)17-8-10-22-12-25-17/h3-12H,1-2H3,(H,21,24)(H,23,26). The molecular formula is C20H18N6. The van der Waals surface area contributed by atoms with Crippen LogP contribution >= 0.6 is 0 Å². The van der Waals surface area contributed by atoms with Crippen LogP contribution in [0.5, 0.6) is 0 Å². The average Bonchev–Trinajstić information content (AvgIpc) is 2.70. The van der Waals surface area contributed by atoms with Gasteiger partial charge in [-0.05, 0) is 36.8 Å². The van der Waals surface area contributed by atoms with Crippen molar-refractivity contribution in [1.29, 1.82) is 0 Å². The molecule has 26 heavy (non-hydrogen) atoms. The average molecular weight is 342 g/mol. The molecule has 0 spiro atoms. The fourth-order valence-electron chi connectivity index (χ4n) is 3.01. The molecule has 6 heteroatoms. The lowest BCUT2D eigenvalue weighted by atomic mass is 10.0. The van der Waals surface area contributed by atoms with E-state index >= 15 is 0 Å². The molecule has 128 valence electrons. The van der Waals surface area contributed by atoms with Crippen LogP contribution in [0, 0.1) is 6.92 Å². The van der Waals surface area contributed by atoms with Crippen molar-refractivity contribution in [1.82, 2.24) is 19.9 Å². The number of benzene rings is 1. The maximum absolute atomic E-state index is 4.54. The van der Waals surface area contributed by atoms with Crippen LogP contribution in [0.25, 0.3) is 22.0 Å². The van der Waals surface area contributed by atoms with Gasteiger partial charge < -0.3 is 10.6 Å². The number of anilines is 3. The highest BCUT2D eigenvalue weighted by Crippen LogP contribution is 2.34. The SMILES string of the molecule is CNc1nccc2c(Nc3ncccc3-c3ccncn3)c(C)ccc12. The summed E-state index contributed by atoms with van der Waals surface area (Å²) in [6.07, 6.45) is 6.85. The van der Waals surface area contributed by atoms with E-state index in [9.17, 15) is 0 Å². The Kier molecular flexibility index (Phi) is 4.15. The molecule has 4 rings (SSSR count). The number of nitrogens with zero attached hydrogens (tertiary/aromatic N) is 4. The number of aromatic nitrogens is 4. The van der Waals surface area contributed by atoms with Crippen LogP contribution in [-0.2, 0) is 0 Å². The highest BCUT2D eigenvalue weighted by molar-refractivity contribution is 6.02. The predicted octanol–water partition coefficient (Wildman–Crippen LogP) is 4.18. The molecule has 0 unspecified atom stereocenters. The molecule has 3 heterocycles. The summed E-state index contributed by atoms with van der Waals surface area (Å²) < 4.78 is 0. The van der Waals surface area contributed by atoms with Crippen molar-refractivity contribution in [3.63, 3.8) is 0 Å². The molecule has 0 aliphatic heterocycles. The minimum absolute atomic E-state index is 0.754. The number of hydrogen-bond donors (Lipinski definition) is 2. The number of pyridine rings is 2. The maximum Gasteiger partial charge on any atom is 0.139 e. The normalized spacial score (nSPS) is 10.7. The van der Waals surface area contributed by atoms with Crippen LogP contribution in [0.1, 0.15) is 5.56 Å². The van der Waals surface area contributed by atoms with E-state index in [4.69, 9.17) is 0 Å². The molecule has 0 radical (unpaired) electrons. The van der Waals surface area contributed by atoms with Crippen molar-refractivity contribution in [3.8, 4) is 11.3 Å². The van der Waals surface area contributed by atoms with Gasteiger partial charge in [0.1, 0.15) is 18.0 Å². The first kappa shape index (κ1) is 16.0.